The number of rotatable bonds is 6. The lowest BCUT2D eigenvalue weighted by Crippen LogP contribution is -2.35. The van der Waals surface area contributed by atoms with Gasteiger partial charge in [0, 0.05) is 18.2 Å². The number of carbonyl (C=O) groups is 2. The molecule has 0 fully saturated rings. The quantitative estimate of drug-likeness (QED) is 0.750. The Hall–Kier alpha value is -2.30. The first kappa shape index (κ1) is 14.8. The van der Waals surface area contributed by atoms with Crippen molar-refractivity contribution in [2.75, 3.05) is 20.2 Å². The van der Waals surface area contributed by atoms with Crippen molar-refractivity contribution in [2.24, 2.45) is 0 Å². The molecule has 5 heteroatoms. The van der Waals surface area contributed by atoms with Crippen molar-refractivity contribution in [3.05, 3.63) is 35.9 Å². The van der Waals surface area contributed by atoms with Crippen LogP contribution in [0.15, 0.2) is 30.3 Å². The van der Waals surface area contributed by atoms with Gasteiger partial charge in [0.1, 0.15) is 5.75 Å². The second-order valence-corrected chi connectivity index (χ2v) is 3.75. The maximum atomic E-state index is 11.5. The van der Waals surface area contributed by atoms with Crippen molar-refractivity contribution in [1.82, 2.24) is 10.6 Å². The Kier molecular flexibility index (Phi) is 6.15. The molecule has 0 heterocycles. The molecule has 0 saturated carbocycles. The summed E-state index contributed by atoms with van der Waals surface area (Å²) in [5.41, 5.74) is 0.804. The molecule has 19 heavy (non-hydrogen) atoms. The Bertz CT molecular complexity index is 470. The van der Waals surface area contributed by atoms with E-state index in [2.05, 4.69) is 10.6 Å². The highest BCUT2D eigenvalue weighted by atomic mass is 16.5. The van der Waals surface area contributed by atoms with Crippen molar-refractivity contribution in [3.63, 3.8) is 0 Å². The second kappa shape index (κ2) is 7.92. The highest BCUT2D eigenvalue weighted by Crippen LogP contribution is 2.18. The zero-order valence-corrected chi connectivity index (χ0v) is 11.1. The topological polar surface area (TPSA) is 67.4 Å². The molecule has 0 aliphatic carbocycles. The van der Waals surface area contributed by atoms with Crippen molar-refractivity contribution < 1.29 is 14.3 Å². The van der Waals surface area contributed by atoms with Crippen LogP contribution in [0.5, 0.6) is 5.75 Å². The van der Waals surface area contributed by atoms with Crippen LogP contribution in [0.3, 0.4) is 0 Å². The van der Waals surface area contributed by atoms with Crippen LogP contribution in [-0.4, -0.2) is 32.0 Å². The zero-order valence-electron chi connectivity index (χ0n) is 11.1. The number of hydrogen-bond donors (Lipinski definition) is 2. The first-order valence-electron chi connectivity index (χ1n) is 6.03. The average molecular weight is 262 g/mol. The van der Waals surface area contributed by atoms with E-state index < -0.39 is 0 Å². The van der Waals surface area contributed by atoms with Crippen molar-refractivity contribution in [2.45, 2.75) is 6.92 Å². The molecule has 0 bridgehead atoms. The number of carbonyl (C=O) groups excluding carboxylic acids is 2. The van der Waals surface area contributed by atoms with E-state index in [-0.39, 0.29) is 18.4 Å². The molecule has 0 aliphatic rings. The monoisotopic (exact) mass is 262 g/mol. The molecule has 102 valence electrons. The summed E-state index contributed by atoms with van der Waals surface area (Å²) in [6.45, 7) is 2.34. The van der Waals surface area contributed by atoms with Gasteiger partial charge in [0.25, 0.3) is 0 Å². The van der Waals surface area contributed by atoms with Crippen LogP contribution in [0.25, 0.3) is 6.08 Å². The molecular weight excluding hydrogens is 244 g/mol. The molecule has 0 unspecified atom stereocenters. The van der Waals surface area contributed by atoms with E-state index in [9.17, 15) is 9.59 Å². The number of methoxy groups -OCH3 is 1. The number of likely N-dealkylation sites (N-methyl/N-ethyl adjacent to an activating group) is 1. The molecule has 1 aromatic rings. The molecule has 2 N–H and O–H groups in total. The van der Waals surface area contributed by atoms with Gasteiger partial charge in [0.2, 0.25) is 11.8 Å². The van der Waals surface area contributed by atoms with Crippen LogP contribution < -0.4 is 15.4 Å². The van der Waals surface area contributed by atoms with Crippen LogP contribution in [0, 0.1) is 0 Å². The van der Waals surface area contributed by atoms with Gasteiger partial charge in [-0.1, -0.05) is 18.2 Å². The summed E-state index contributed by atoms with van der Waals surface area (Å²) >= 11 is 0. The highest BCUT2D eigenvalue weighted by Gasteiger charge is 2.02. The molecule has 0 aliphatic heterocycles. The van der Waals surface area contributed by atoms with Gasteiger partial charge in [-0.3, -0.25) is 9.59 Å². The molecule has 5 nitrogen and oxygen atoms in total. The average Bonchev–Trinajstić information content (AvgIpc) is 2.43. The van der Waals surface area contributed by atoms with E-state index in [1.165, 1.54) is 6.08 Å². The Morgan fingerprint density at radius 1 is 1.26 bits per heavy atom. The van der Waals surface area contributed by atoms with Gasteiger partial charge in [0.15, 0.2) is 0 Å². The maximum absolute atomic E-state index is 11.5. The standard InChI is InChI=1S/C14H18N2O3/c1-3-15-14(18)10-16-13(17)9-8-11-6-4-5-7-12(11)19-2/h4-9H,3,10H2,1-2H3,(H,15,18)(H,16,17)/b9-8+. The minimum atomic E-state index is -0.322. The lowest BCUT2D eigenvalue weighted by atomic mass is 10.2. The molecule has 2 amide bonds. The number of ether oxygens (including phenoxy) is 1. The summed E-state index contributed by atoms with van der Waals surface area (Å²) in [6, 6.07) is 7.36. The Morgan fingerprint density at radius 3 is 2.68 bits per heavy atom. The summed E-state index contributed by atoms with van der Waals surface area (Å²) in [7, 11) is 1.57. The minimum absolute atomic E-state index is 0.0249. The van der Waals surface area contributed by atoms with Gasteiger partial charge in [-0.15, -0.1) is 0 Å². The molecular formula is C14H18N2O3. The number of para-hydroxylation sites is 1. The van der Waals surface area contributed by atoms with Gasteiger partial charge >= 0.3 is 0 Å². The Morgan fingerprint density at radius 2 is 2.00 bits per heavy atom. The van der Waals surface area contributed by atoms with Gasteiger partial charge in [-0.25, -0.2) is 0 Å². The largest absolute Gasteiger partial charge is 0.496 e. The third-order valence-electron chi connectivity index (χ3n) is 2.35. The Labute approximate surface area is 112 Å². The van der Waals surface area contributed by atoms with Crippen LogP contribution in [-0.2, 0) is 9.59 Å². The zero-order chi connectivity index (χ0) is 14.1. The molecule has 0 radical (unpaired) electrons. The lowest BCUT2D eigenvalue weighted by molar-refractivity contribution is -0.123. The maximum Gasteiger partial charge on any atom is 0.244 e. The highest BCUT2D eigenvalue weighted by molar-refractivity contribution is 5.94. The lowest BCUT2D eigenvalue weighted by Gasteiger charge is -2.04. The van der Waals surface area contributed by atoms with Gasteiger partial charge in [-0.05, 0) is 19.1 Å². The third-order valence-corrected chi connectivity index (χ3v) is 2.35. The molecule has 0 spiro atoms. The fourth-order valence-electron chi connectivity index (χ4n) is 1.46. The summed E-state index contributed by atoms with van der Waals surface area (Å²) < 4.78 is 5.16. The van der Waals surface area contributed by atoms with Crippen LogP contribution in [0.2, 0.25) is 0 Å². The molecule has 0 saturated heterocycles. The van der Waals surface area contributed by atoms with Crippen molar-refractivity contribution >= 4 is 17.9 Å². The Balaban J connectivity index is 2.52. The molecule has 0 aromatic heterocycles. The van der Waals surface area contributed by atoms with E-state index in [1.54, 1.807) is 13.2 Å². The predicted molar refractivity (Wildman–Crippen MR) is 73.7 cm³/mol. The second-order valence-electron chi connectivity index (χ2n) is 3.75. The summed E-state index contributed by atoms with van der Waals surface area (Å²) in [5.74, 6) is 0.161. The van der Waals surface area contributed by atoms with Gasteiger partial charge < -0.3 is 15.4 Å². The van der Waals surface area contributed by atoms with Crippen molar-refractivity contribution in [1.29, 1.82) is 0 Å². The minimum Gasteiger partial charge on any atom is -0.496 e. The summed E-state index contributed by atoms with van der Waals surface area (Å²) in [5, 5.41) is 5.09. The van der Waals surface area contributed by atoms with E-state index >= 15 is 0 Å². The normalized spacial score (nSPS) is 10.2. The fourth-order valence-corrected chi connectivity index (χ4v) is 1.46. The van der Waals surface area contributed by atoms with E-state index in [0.717, 1.165) is 5.56 Å². The number of nitrogens with one attached hydrogen (secondary N) is 2. The number of amides is 2. The predicted octanol–water partition coefficient (Wildman–Crippen LogP) is 0.961. The molecule has 1 aromatic carbocycles. The van der Waals surface area contributed by atoms with E-state index in [1.807, 2.05) is 31.2 Å². The summed E-state index contributed by atoms with van der Waals surface area (Å²) in [6.07, 6.45) is 3.02. The number of benzene rings is 1. The fraction of sp³-hybridized carbons (Fsp3) is 0.286. The molecule has 1 rings (SSSR count). The SMILES string of the molecule is CCNC(=O)CNC(=O)/C=C/c1ccccc1OC. The smallest absolute Gasteiger partial charge is 0.244 e. The van der Waals surface area contributed by atoms with Crippen LogP contribution in [0.1, 0.15) is 12.5 Å². The number of hydrogen-bond acceptors (Lipinski definition) is 3. The van der Waals surface area contributed by atoms with Crippen LogP contribution >= 0.6 is 0 Å². The summed E-state index contributed by atoms with van der Waals surface area (Å²) in [4.78, 5) is 22.7. The van der Waals surface area contributed by atoms with Crippen LogP contribution in [0.4, 0.5) is 0 Å². The van der Waals surface area contributed by atoms with Gasteiger partial charge in [-0.2, -0.15) is 0 Å². The molecule has 0 atom stereocenters. The first-order valence-corrected chi connectivity index (χ1v) is 6.03. The van der Waals surface area contributed by atoms with E-state index in [0.29, 0.717) is 12.3 Å². The third kappa shape index (κ3) is 5.25. The first-order chi connectivity index (χ1) is 9.17. The van der Waals surface area contributed by atoms with Gasteiger partial charge in [0.05, 0.1) is 13.7 Å². The van der Waals surface area contributed by atoms with E-state index in [4.69, 9.17) is 4.74 Å². The van der Waals surface area contributed by atoms with Crippen molar-refractivity contribution in [3.8, 4) is 5.75 Å².